The van der Waals surface area contributed by atoms with Crippen LogP contribution in [0.4, 0.5) is 9.18 Å². The molecule has 0 unspecified atom stereocenters. The van der Waals surface area contributed by atoms with Crippen molar-refractivity contribution in [3.8, 4) is 5.75 Å². The molecule has 168 valence electrons. The van der Waals surface area contributed by atoms with Gasteiger partial charge in [0.25, 0.3) is 0 Å². The number of aliphatic imine (C=N–C) groups is 1. The zero-order valence-electron chi connectivity index (χ0n) is 17.5. The van der Waals surface area contributed by atoms with E-state index < -0.39 is 27.6 Å². The molecule has 9 heteroatoms. The molecule has 3 amide bonds. The average molecular weight is 451 g/mol. The third kappa shape index (κ3) is 7.57. The summed E-state index contributed by atoms with van der Waals surface area (Å²) in [6, 6.07) is 3.84. The monoisotopic (exact) mass is 450 g/mol. The number of ether oxygens (including phenoxy) is 1. The summed E-state index contributed by atoms with van der Waals surface area (Å²) >= 11 is 0. The summed E-state index contributed by atoms with van der Waals surface area (Å²) in [4.78, 5) is 26.1. The molecule has 2 aliphatic rings. The number of urea groups is 1. The molecule has 1 aromatic rings. The molecule has 1 N–H and O–H groups in total. The van der Waals surface area contributed by atoms with Gasteiger partial charge in [0.15, 0.2) is 21.4 Å². The Balaban J connectivity index is 1.47. The van der Waals surface area contributed by atoms with Crippen LogP contribution in [-0.4, -0.2) is 44.2 Å². The zero-order chi connectivity index (χ0) is 22.4. The summed E-state index contributed by atoms with van der Waals surface area (Å²) in [6.45, 7) is 2.30. The lowest BCUT2D eigenvalue weighted by Gasteiger charge is -2.15. The van der Waals surface area contributed by atoms with Crippen LogP contribution in [0.2, 0.25) is 0 Å². The number of rotatable bonds is 11. The maximum Gasteiger partial charge on any atom is 0.347 e. The number of hydrogen-bond acceptors (Lipinski definition) is 5. The number of carbonyl (C=O) groups excluding carboxylic acids is 2. The van der Waals surface area contributed by atoms with E-state index in [4.69, 9.17) is 4.74 Å². The summed E-state index contributed by atoms with van der Waals surface area (Å²) in [7, 11) is -3.31. The minimum atomic E-state index is -3.31. The average Bonchev–Trinajstić information content (AvgIpc) is 3.50. The second kappa shape index (κ2) is 10.2. The van der Waals surface area contributed by atoms with E-state index >= 15 is 0 Å². The summed E-state index contributed by atoms with van der Waals surface area (Å²) in [6.07, 6.45) is 6.43. The van der Waals surface area contributed by atoms with E-state index in [1.165, 1.54) is 6.07 Å². The maximum atomic E-state index is 14.0. The van der Waals surface area contributed by atoms with Crippen LogP contribution in [0.5, 0.6) is 5.75 Å². The maximum absolute atomic E-state index is 14.0. The minimum Gasteiger partial charge on any atom is -0.490 e. The van der Waals surface area contributed by atoms with Crippen LogP contribution < -0.4 is 10.1 Å². The Kier molecular flexibility index (Phi) is 7.59. The van der Waals surface area contributed by atoms with E-state index in [9.17, 15) is 22.4 Å². The zero-order valence-corrected chi connectivity index (χ0v) is 18.3. The molecular weight excluding hydrogens is 423 g/mol. The van der Waals surface area contributed by atoms with Crippen LogP contribution in [0.25, 0.3) is 0 Å². The smallest absolute Gasteiger partial charge is 0.347 e. The van der Waals surface area contributed by atoms with E-state index in [1.807, 2.05) is 0 Å². The number of amides is 3. The molecule has 1 atom stereocenters. The highest BCUT2D eigenvalue weighted by atomic mass is 32.2. The van der Waals surface area contributed by atoms with Crippen LogP contribution in [0.15, 0.2) is 35.3 Å². The number of unbranched alkanes of at least 4 members (excludes halogenated alkanes) is 1. The van der Waals surface area contributed by atoms with Crippen molar-refractivity contribution in [3.63, 3.8) is 0 Å². The standard InChI is InChI=1S/C22H27FN2O5S/c1-15(17-8-9-19(23)20(11-17)30-13-16-6-7-16)14-31(28,29)10-4-2-3-5-18-12-21(26)25-22(27)24-18/h3,5,8-9,11,15-16H,2,4,6-7,10,12-14H2,1H3,(H,25,26,27)/b5-3+/t15-/m0/s1. The molecule has 31 heavy (non-hydrogen) atoms. The van der Waals surface area contributed by atoms with Crippen molar-refractivity contribution in [3.05, 3.63) is 41.7 Å². The van der Waals surface area contributed by atoms with E-state index in [1.54, 1.807) is 31.2 Å². The predicted octanol–water partition coefficient (Wildman–Crippen LogP) is 3.55. The van der Waals surface area contributed by atoms with Gasteiger partial charge < -0.3 is 4.74 Å². The largest absolute Gasteiger partial charge is 0.490 e. The first-order valence-electron chi connectivity index (χ1n) is 10.4. The molecule has 7 nitrogen and oxygen atoms in total. The van der Waals surface area contributed by atoms with Crippen LogP contribution >= 0.6 is 0 Å². The Morgan fingerprint density at radius 2 is 2.10 bits per heavy atom. The highest BCUT2D eigenvalue weighted by molar-refractivity contribution is 7.91. The van der Waals surface area contributed by atoms with E-state index in [0.29, 0.717) is 31.1 Å². The molecule has 0 aromatic heterocycles. The summed E-state index contributed by atoms with van der Waals surface area (Å²) in [5, 5.41) is 2.08. The van der Waals surface area contributed by atoms with Crippen molar-refractivity contribution in [2.24, 2.45) is 10.9 Å². The highest BCUT2D eigenvalue weighted by Crippen LogP contribution is 2.31. The van der Waals surface area contributed by atoms with Gasteiger partial charge in [0.2, 0.25) is 5.91 Å². The topological polar surface area (TPSA) is 102 Å². The van der Waals surface area contributed by atoms with Gasteiger partial charge in [-0.15, -0.1) is 0 Å². The molecule has 0 saturated heterocycles. The Hall–Kier alpha value is -2.55. The number of benzene rings is 1. The second-order valence-corrected chi connectivity index (χ2v) is 10.4. The summed E-state index contributed by atoms with van der Waals surface area (Å²) in [5.41, 5.74) is 1.09. The molecule has 3 rings (SSSR count). The molecule has 1 heterocycles. The van der Waals surface area contributed by atoms with Gasteiger partial charge in [0.05, 0.1) is 30.2 Å². The lowest BCUT2D eigenvalue weighted by Crippen LogP contribution is -2.34. The molecule has 1 fully saturated rings. The van der Waals surface area contributed by atoms with Gasteiger partial charge in [-0.3, -0.25) is 10.1 Å². The first kappa shape index (κ1) is 23.1. The molecule has 1 aliphatic carbocycles. The quantitative estimate of drug-likeness (QED) is 0.520. The number of sulfone groups is 1. The SMILES string of the molecule is C[C@@H](CS(=O)(=O)CCC/C=C/C1=NC(=O)NC(=O)C1)c1ccc(F)c(OCC2CC2)c1. The van der Waals surface area contributed by atoms with Crippen molar-refractivity contribution in [2.45, 2.75) is 44.9 Å². The Labute approximate surface area is 181 Å². The normalized spacial score (nSPS) is 18.1. The lowest BCUT2D eigenvalue weighted by molar-refractivity contribution is -0.118. The van der Waals surface area contributed by atoms with Crippen molar-refractivity contribution in [2.75, 3.05) is 18.1 Å². The van der Waals surface area contributed by atoms with Gasteiger partial charge in [-0.1, -0.05) is 19.1 Å². The Morgan fingerprint density at radius 1 is 1.32 bits per heavy atom. The molecule has 1 aromatic carbocycles. The lowest BCUT2D eigenvalue weighted by atomic mass is 10.0. The van der Waals surface area contributed by atoms with Gasteiger partial charge in [0, 0.05) is 0 Å². The van der Waals surface area contributed by atoms with Crippen molar-refractivity contribution in [1.82, 2.24) is 5.32 Å². The van der Waals surface area contributed by atoms with E-state index in [2.05, 4.69) is 10.3 Å². The minimum absolute atomic E-state index is 0.0137. The third-order valence-electron chi connectivity index (χ3n) is 5.17. The van der Waals surface area contributed by atoms with Crippen molar-refractivity contribution < 1.29 is 27.1 Å². The fourth-order valence-corrected chi connectivity index (χ4v) is 4.98. The van der Waals surface area contributed by atoms with Crippen LogP contribution in [0, 0.1) is 11.7 Å². The summed E-state index contributed by atoms with van der Waals surface area (Å²) < 4.78 is 44.5. The van der Waals surface area contributed by atoms with Gasteiger partial charge in [0.1, 0.15) is 0 Å². The van der Waals surface area contributed by atoms with Crippen LogP contribution in [0.1, 0.15) is 50.5 Å². The van der Waals surface area contributed by atoms with E-state index in [0.717, 1.165) is 18.4 Å². The first-order valence-corrected chi connectivity index (χ1v) is 12.2. The van der Waals surface area contributed by atoms with Crippen LogP contribution in [0.3, 0.4) is 0 Å². The van der Waals surface area contributed by atoms with E-state index in [-0.39, 0.29) is 29.6 Å². The number of halogens is 1. The summed E-state index contributed by atoms with van der Waals surface area (Å²) in [5.74, 6) is -0.475. The second-order valence-electron chi connectivity index (χ2n) is 8.14. The number of nitrogens with one attached hydrogen (secondary N) is 1. The number of carbonyl (C=O) groups is 2. The predicted molar refractivity (Wildman–Crippen MR) is 116 cm³/mol. The molecule has 1 aliphatic heterocycles. The molecule has 0 spiro atoms. The van der Waals surface area contributed by atoms with Crippen molar-refractivity contribution >= 4 is 27.5 Å². The van der Waals surface area contributed by atoms with Gasteiger partial charge >= 0.3 is 6.03 Å². The third-order valence-corrected chi connectivity index (χ3v) is 7.09. The van der Waals surface area contributed by atoms with Crippen LogP contribution in [-0.2, 0) is 14.6 Å². The Bertz CT molecular complexity index is 999. The first-order chi connectivity index (χ1) is 14.7. The number of hydrogen-bond donors (Lipinski definition) is 1. The van der Waals surface area contributed by atoms with Gasteiger partial charge in [-0.05, 0) is 61.3 Å². The number of allylic oxidation sites excluding steroid dienone is 2. The fraction of sp³-hybridized carbons (Fsp3) is 0.500. The van der Waals surface area contributed by atoms with Crippen molar-refractivity contribution in [1.29, 1.82) is 0 Å². The number of imide groups is 1. The molecular formula is C22H27FN2O5S. The molecule has 0 radical (unpaired) electrons. The molecule has 1 saturated carbocycles. The fourth-order valence-electron chi connectivity index (χ4n) is 3.25. The van der Waals surface area contributed by atoms with Gasteiger partial charge in [-0.25, -0.2) is 17.6 Å². The highest BCUT2D eigenvalue weighted by Gasteiger charge is 2.23. The van der Waals surface area contributed by atoms with Gasteiger partial charge in [-0.2, -0.15) is 4.99 Å². The molecule has 0 bridgehead atoms. The Morgan fingerprint density at radius 3 is 2.81 bits per heavy atom. The number of nitrogens with zero attached hydrogens (tertiary/aromatic N) is 1.